The number of halogens is 1. The molecule has 1 saturated heterocycles. The van der Waals surface area contributed by atoms with Gasteiger partial charge in [-0.2, -0.15) is 10.1 Å². The molecule has 8 heteroatoms. The van der Waals surface area contributed by atoms with Crippen molar-refractivity contribution in [2.75, 3.05) is 23.3 Å². The van der Waals surface area contributed by atoms with Gasteiger partial charge in [0.15, 0.2) is 11.4 Å². The molecule has 35 heavy (non-hydrogen) atoms. The third-order valence-corrected chi connectivity index (χ3v) is 6.62. The van der Waals surface area contributed by atoms with E-state index in [-0.39, 0.29) is 12.2 Å². The van der Waals surface area contributed by atoms with Crippen LogP contribution < -0.4 is 10.2 Å². The molecule has 2 aromatic heterocycles. The molecule has 0 radical (unpaired) electrons. The number of ketones is 1. The number of benzene rings is 2. The summed E-state index contributed by atoms with van der Waals surface area (Å²) in [7, 11) is 0. The van der Waals surface area contributed by atoms with E-state index in [9.17, 15) is 4.79 Å². The first-order chi connectivity index (χ1) is 17.0. The molecule has 0 bridgehead atoms. The number of nitrogens with one attached hydrogen (secondary N) is 2. The first kappa shape index (κ1) is 23.1. The second-order valence-electron chi connectivity index (χ2n) is 9.07. The van der Waals surface area contributed by atoms with E-state index in [0.29, 0.717) is 22.3 Å². The molecule has 3 heterocycles. The third-order valence-electron chi connectivity index (χ3n) is 6.40. The van der Waals surface area contributed by atoms with Gasteiger partial charge in [-0.05, 0) is 66.8 Å². The minimum atomic E-state index is -0.0697. The number of hydrogen-bond donors (Lipinski definition) is 2. The molecular formula is C27H27ClN6O. The maximum Gasteiger partial charge on any atom is 0.229 e. The molecule has 1 aliphatic heterocycles. The van der Waals surface area contributed by atoms with Crippen molar-refractivity contribution in [3.8, 4) is 11.3 Å². The Labute approximate surface area is 209 Å². The molecule has 2 N–H and O–H groups in total. The number of carbonyl (C=O) groups is 1. The molecule has 4 aromatic rings. The number of carbonyl (C=O) groups excluding carboxylic acids is 1. The van der Waals surface area contributed by atoms with E-state index >= 15 is 0 Å². The molecule has 178 valence electrons. The molecule has 0 aliphatic carbocycles. The van der Waals surface area contributed by atoms with Crippen molar-refractivity contribution in [2.45, 2.75) is 26.2 Å². The van der Waals surface area contributed by atoms with Crippen molar-refractivity contribution in [3.05, 3.63) is 71.9 Å². The second kappa shape index (κ2) is 9.88. The van der Waals surface area contributed by atoms with Gasteiger partial charge in [0.25, 0.3) is 0 Å². The van der Waals surface area contributed by atoms with Crippen LogP contribution in [0.1, 0.15) is 25.3 Å². The second-order valence-corrected chi connectivity index (χ2v) is 9.50. The molecule has 0 saturated carbocycles. The van der Waals surface area contributed by atoms with Gasteiger partial charge < -0.3 is 10.2 Å². The van der Waals surface area contributed by atoms with Gasteiger partial charge in [0, 0.05) is 41.5 Å². The lowest BCUT2D eigenvalue weighted by Crippen LogP contribution is -2.32. The number of aromatic amines is 1. The lowest BCUT2D eigenvalue weighted by molar-refractivity contribution is -0.114. The molecule has 1 fully saturated rings. The highest BCUT2D eigenvalue weighted by Crippen LogP contribution is 2.31. The van der Waals surface area contributed by atoms with Gasteiger partial charge in [-0.1, -0.05) is 31.2 Å². The standard InChI is InChI=1S/C27H27ClN6O/c1-3-23(35)13-18-11-19(14-20(28)12-18)25-24-16-29-33-26(24)32-27(31-25)30-21-5-4-6-22(15-21)34-9-7-17(2)8-10-34/h3-6,11-12,14-17H,1,7-10,13H2,2H3,(H2,29,30,31,32,33). The fourth-order valence-electron chi connectivity index (χ4n) is 4.45. The first-order valence-corrected chi connectivity index (χ1v) is 12.1. The number of nitrogens with zero attached hydrogens (tertiary/aromatic N) is 4. The van der Waals surface area contributed by atoms with Crippen molar-refractivity contribution in [2.24, 2.45) is 5.92 Å². The predicted octanol–water partition coefficient (Wildman–Crippen LogP) is 5.95. The fraction of sp³-hybridized carbons (Fsp3) is 0.259. The number of rotatable bonds is 7. The van der Waals surface area contributed by atoms with Crippen LogP contribution in [0.5, 0.6) is 0 Å². The van der Waals surface area contributed by atoms with E-state index in [1.165, 1.54) is 24.6 Å². The van der Waals surface area contributed by atoms with E-state index in [4.69, 9.17) is 16.6 Å². The van der Waals surface area contributed by atoms with Crippen molar-refractivity contribution < 1.29 is 4.79 Å². The van der Waals surface area contributed by atoms with E-state index in [1.807, 2.05) is 24.3 Å². The fourth-order valence-corrected chi connectivity index (χ4v) is 4.71. The van der Waals surface area contributed by atoms with Crippen LogP contribution in [0.15, 0.2) is 61.3 Å². The van der Waals surface area contributed by atoms with E-state index in [2.05, 4.69) is 51.0 Å². The average molecular weight is 487 g/mol. The van der Waals surface area contributed by atoms with Crippen LogP contribution in [0.25, 0.3) is 22.3 Å². The zero-order chi connectivity index (χ0) is 24.4. The normalized spacial score (nSPS) is 14.3. The molecule has 5 rings (SSSR count). The number of allylic oxidation sites excluding steroid dienone is 1. The van der Waals surface area contributed by atoms with Crippen LogP contribution in [0.2, 0.25) is 5.02 Å². The van der Waals surface area contributed by atoms with Gasteiger partial charge in [0.2, 0.25) is 5.95 Å². The summed E-state index contributed by atoms with van der Waals surface area (Å²) in [6, 6.07) is 13.9. The molecule has 0 amide bonds. The summed E-state index contributed by atoms with van der Waals surface area (Å²) in [6.45, 7) is 8.01. The Balaban J connectivity index is 1.48. The lowest BCUT2D eigenvalue weighted by atomic mass is 9.99. The van der Waals surface area contributed by atoms with Crippen LogP contribution in [-0.2, 0) is 11.2 Å². The number of anilines is 3. The zero-order valence-corrected chi connectivity index (χ0v) is 20.3. The van der Waals surface area contributed by atoms with Crippen molar-refractivity contribution in [1.29, 1.82) is 0 Å². The molecule has 2 aromatic carbocycles. The number of fused-ring (bicyclic) bond motifs is 1. The third kappa shape index (κ3) is 5.20. The molecule has 7 nitrogen and oxygen atoms in total. The number of H-pyrrole nitrogens is 1. The van der Waals surface area contributed by atoms with Crippen molar-refractivity contribution in [1.82, 2.24) is 20.2 Å². The number of hydrogen-bond acceptors (Lipinski definition) is 6. The largest absolute Gasteiger partial charge is 0.371 e. The molecular weight excluding hydrogens is 460 g/mol. The molecule has 0 atom stereocenters. The van der Waals surface area contributed by atoms with Gasteiger partial charge >= 0.3 is 0 Å². The highest BCUT2D eigenvalue weighted by atomic mass is 35.5. The van der Waals surface area contributed by atoms with Crippen LogP contribution in [0.4, 0.5) is 17.3 Å². The summed E-state index contributed by atoms with van der Waals surface area (Å²) in [4.78, 5) is 23.8. The van der Waals surface area contributed by atoms with Crippen LogP contribution >= 0.6 is 11.6 Å². The van der Waals surface area contributed by atoms with Crippen molar-refractivity contribution in [3.63, 3.8) is 0 Å². The van der Waals surface area contributed by atoms with Crippen molar-refractivity contribution >= 4 is 45.7 Å². The Morgan fingerprint density at radius 1 is 1.23 bits per heavy atom. The molecule has 0 spiro atoms. The topological polar surface area (TPSA) is 86.8 Å². The number of piperidine rings is 1. The van der Waals surface area contributed by atoms with Gasteiger partial charge in [-0.3, -0.25) is 9.89 Å². The van der Waals surface area contributed by atoms with Gasteiger partial charge in [-0.15, -0.1) is 0 Å². The highest BCUT2D eigenvalue weighted by Gasteiger charge is 2.17. The monoisotopic (exact) mass is 486 g/mol. The van der Waals surface area contributed by atoms with E-state index < -0.39 is 0 Å². The summed E-state index contributed by atoms with van der Waals surface area (Å²) in [6.07, 6.45) is 5.66. The van der Waals surface area contributed by atoms with Crippen LogP contribution in [0, 0.1) is 5.92 Å². The Hall–Kier alpha value is -3.71. The Bertz CT molecular complexity index is 1390. The average Bonchev–Trinajstić information content (AvgIpc) is 3.32. The summed E-state index contributed by atoms with van der Waals surface area (Å²) in [5.41, 5.74) is 4.98. The minimum absolute atomic E-state index is 0.0697. The first-order valence-electron chi connectivity index (χ1n) is 11.8. The maximum absolute atomic E-state index is 11.9. The minimum Gasteiger partial charge on any atom is -0.371 e. The van der Waals surface area contributed by atoms with E-state index in [1.54, 1.807) is 12.3 Å². The zero-order valence-electron chi connectivity index (χ0n) is 19.6. The van der Waals surface area contributed by atoms with Gasteiger partial charge in [0.05, 0.1) is 17.3 Å². The molecule has 1 aliphatic rings. The van der Waals surface area contributed by atoms with E-state index in [0.717, 1.165) is 41.2 Å². The summed E-state index contributed by atoms with van der Waals surface area (Å²) in [5, 5.41) is 11.8. The van der Waals surface area contributed by atoms with Crippen LogP contribution in [0.3, 0.4) is 0 Å². The Kier molecular flexibility index (Phi) is 6.51. The lowest BCUT2D eigenvalue weighted by Gasteiger charge is -2.32. The van der Waals surface area contributed by atoms with Crippen LogP contribution in [-0.4, -0.2) is 39.0 Å². The quantitative estimate of drug-likeness (QED) is 0.314. The number of aromatic nitrogens is 4. The smallest absolute Gasteiger partial charge is 0.229 e. The molecule has 0 unspecified atom stereocenters. The maximum atomic E-state index is 11.9. The SMILES string of the molecule is C=CC(=O)Cc1cc(Cl)cc(-c2nc(Nc3cccc(N4CCC(C)CC4)c3)nc3[nH]ncc23)c1. The Morgan fingerprint density at radius 3 is 2.86 bits per heavy atom. The summed E-state index contributed by atoms with van der Waals surface area (Å²) in [5.74, 6) is 1.16. The predicted molar refractivity (Wildman–Crippen MR) is 141 cm³/mol. The highest BCUT2D eigenvalue weighted by molar-refractivity contribution is 6.31. The van der Waals surface area contributed by atoms with Gasteiger partial charge in [-0.25, -0.2) is 4.98 Å². The van der Waals surface area contributed by atoms with Gasteiger partial charge in [0.1, 0.15) is 0 Å². The Morgan fingerprint density at radius 2 is 2.06 bits per heavy atom. The summed E-state index contributed by atoms with van der Waals surface area (Å²) >= 11 is 6.40. The summed E-state index contributed by atoms with van der Waals surface area (Å²) < 4.78 is 0.